The number of likely N-dealkylation sites (N-methyl/N-ethyl adjacent to an activating group) is 1. The number of rotatable bonds is 2. The fourth-order valence-electron chi connectivity index (χ4n) is 0.948. The van der Waals surface area contributed by atoms with E-state index >= 15 is 0 Å². The lowest BCUT2D eigenvalue weighted by molar-refractivity contribution is -0.151. The molecule has 0 aliphatic carbocycles. The second kappa shape index (κ2) is 2.94. The number of carboxylic acids is 1. The summed E-state index contributed by atoms with van der Waals surface area (Å²) in [7, 11) is 3.30. The fraction of sp³-hybridized carbons (Fsp3) is 0.429. The average molecular weight is 169 g/mol. The van der Waals surface area contributed by atoms with E-state index in [2.05, 4.69) is 10.3 Å². The third-order valence-electron chi connectivity index (χ3n) is 1.67. The zero-order chi connectivity index (χ0) is 9.19. The zero-order valence-corrected chi connectivity index (χ0v) is 6.98. The highest BCUT2D eigenvalue weighted by Crippen LogP contribution is 2.12. The second-order valence-corrected chi connectivity index (χ2v) is 2.65. The van der Waals surface area contributed by atoms with E-state index in [1.54, 1.807) is 26.4 Å². The van der Waals surface area contributed by atoms with Gasteiger partial charge in [0, 0.05) is 12.4 Å². The van der Waals surface area contributed by atoms with Crippen molar-refractivity contribution in [2.75, 3.05) is 14.1 Å². The average Bonchev–Trinajstić information content (AvgIpc) is 2.05. The van der Waals surface area contributed by atoms with Gasteiger partial charge in [-0.15, -0.1) is 0 Å². The summed E-state index contributed by atoms with van der Waals surface area (Å²) in [6.07, 6.45) is 4.66. The normalized spacial score (nSPS) is 27.2. The van der Waals surface area contributed by atoms with Gasteiger partial charge in [0.05, 0.1) is 0 Å². The maximum Gasteiger partial charge on any atom is 0.369 e. The molecule has 0 aromatic heterocycles. The highest BCUT2D eigenvalue weighted by molar-refractivity contribution is 5.83. The smallest absolute Gasteiger partial charge is 0.369 e. The number of aliphatic carboxylic acids is 1. The Hall–Kier alpha value is -1.36. The van der Waals surface area contributed by atoms with Gasteiger partial charge in [-0.05, 0) is 20.2 Å². The molecule has 1 atom stereocenters. The van der Waals surface area contributed by atoms with E-state index in [0.29, 0.717) is 0 Å². The highest BCUT2D eigenvalue weighted by atomic mass is 16.4. The van der Waals surface area contributed by atoms with Gasteiger partial charge in [0.2, 0.25) is 0 Å². The number of nitrogens with zero attached hydrogens (tertiary/aromatic N) is 2. The molecule has 66 valence electrons. The van der Waals surface area contributed by atoms with E-state index in [9.17, 15) is 4.79 Å². The van der Waals surface area contributed by atoms with E-state index < -0.39 is 11.8 Å². The number of carboxylic acid groups (broad SMARTS) is 1. The van der Waals surface area contributed by atoms with Gasteiger partial charge in [-0.1, -0.05) is 0 Å². The van der Waals surface area contributed by atoms with E-state index in [-0.39, 0.29) is 0 Å². The maximum absolute atomic E-state index is 10.9. The molecule has 1 aliphatic rings. The maximum atomic E-state index is 10.9. The lowest BCUT2D eigenvalue weighted by Gasteiger charge is -2.32. The molecule has 1 unspecified atom stereocenters. The molecule has 0 amide bonds. The Morgan fingerprint density at radius 2 is 2.33 bits per heavy atom. The van der Waals surface area contributed by atoms with Crippen molar-refractivity contribution in [2.45, 2.75) is 5.79 Å². The van der Waals surface area contributed by atoms with Crippen LogP contribution in [0.1, 0.15) is 0 Å². The molecule has 1 heterocycles. The van der Waals surface area contributed by atoms with Gasteiger partial charge < -0.3 is 10.4 Å². The molecule has 1 rings (SSSR count). The van der Waals surface area contributed by atoms with Crippen LogP contribution < -0.4 is 5.32 Å². The quantitative estimate of drug-likeness (QED) is 0.583. The third kappa shape index (κ3) is 1.18. The SMILES string of the molecule is CN(C)C1(C(=O)O)N=CC=CN1. The van der Waals surface area contributed by atoms with Crippen LogP contribution >= 0.6 is 0 Å². The Balaban J connectivity index is 2.96. The summed E-state index contributed by atoms with van der Waals surface area (Å²) >= 11 is 0. The van der Waals surface area contributed by atoms with Crippen LogP contribution in [0, 0.1) is 0 Å². The summed E-state index contributed by atoms with van der Waals surface area (Å²) in [6.45, 7) is 0. The number of nitrogens with one attached hydrogen (secondary N) is 1. The Bertz CT molecular complexity index is 247. The summed E-state index contributed by atoms with van der Waals surface area (Å²) in [5.74, 6) is -2.36. The standard InChI is InChI=1S/C7H11N3O2/c1-10(2)7(6(11)12)8-4-3-5-9-7/h3-5,8H,1-2H3,(H,11,12). The fourth-order valence-corrected chi connectivity index (χ4v) is 0.948. The van der Waals surface area contributed by atoms with Crippen molar-refractivity contribution < 1.29 is 9.90 Å². The van der Waals surface area contributed by atoms with Crippen LogP contribution in [0.3, 0.4) is 0 Å². The molecule has 0 aromatic carbocycles. The van der Waals surface area contributed by atoms with Crippen molar-refractivity contribution in [3.8, 4) is 0 Å². The monoisotopic (exact) mass is 169 g/mol. The zero-order valence-electron chi connectivity index (χ0n) is 6.98. The van der Waals surface area contributed by atoms with Crippen LogP contribution in [0.15, 0.2) is 17.3 Å². The van der Waals surface area contributed by atoms with Crippen molar-refractivity contribution in [3.63, 3.8) is 0 Å². The van der Waals surface area contributed by atoms with Crippen LogP contribution in [0.5, 0.6) is 0 Å². The minimum atomic E-state index is -1.34. The van der Waals surface area contributed by atoms with Crippen LogP contribution in [0.2, 0.25) is 0 Å². The number of hydrogen-bond acceptors (Lipinski definition) is 4. The van der Waals surface area contributed by atoms with Gasteiger partial charge in [-0.25, -0.2) is 9.79 Å². The third-order valence-corrected chi connectivity index (χ3v) is 1.67. The molecule has 0 fully saturated rings. The summed E-state index contributed by atoms with van der Waals surface area (Å²) < 4.78 is 0. The lowest BCUT2D eigenvalue weighted by atomic mass is 10.3. The molecule has 0 radical (unpaired) electrons. The predicted octanol–water partition coefficient (Wildman–Crippen LogP) is -0.526. The molecule has 12 heavy (non-hydrogen) atoms. The first-order valence-electron chi connectivity index (χ1n) is 3.48. The van der Waals surface area contributed by atoms with Gasteiger partial charge in [0.25, 0.3) is 5.79 Å². The van der Waals surface area contributed by atoms with E-state index in [1.165, 1.54) is 11.1 Å². The summed E-state index contributed by atoms with van der Waals surface area (Å²) in [4.78, 5) is 16.2. The Kier molecular flexibility index (Phi) is 2.14. The molecule has 5 nitrogen and oxygen atoms in total. The lowest BCUT2D eigenvalue weighted by Crippen LogP contribution is -2.59. The summed E-state index contributed by atoms with van der Waals surface area (Å²) in [5.41, 5.74) is 0. The van der Waals surface area contributed by atoms with Crippen molar-refractivity contribution in [1.29, 1.82) is 0 Å². The molecule has 0 aromatic rings. The summed E-state index contributed by atoms with van der Waals surface area (Å²) in [6, 6.07) is 0. The molecular weight excluding hydrogens is 158 g/mol. The molecule has 2 N–H and O–H groups in total. The van der Waals surface area contributed by atoms with Crippen molar-refractivity contribution in [2.24, 2.45) is 4.99 Å². The first-order chi connectivity index (χ1) is 5.59. The molecular formula is C7H11N3O2. The molecule has 0 spiro atoms. The van der Waals surface area contributed by atoms with Crippen LogP contribution in [-0.4, -0.2) is 42.1 Å². The minimum Gasteiger partial charge on any atom is -0.477 e. The number of hydrogen-bond donors (Lipinski definition) is 2. The van der Waals surface area contributed by atoms with E-state index in [1.807, 2.05) is 0 Å². The minimum absolute atomic E-state index is 1.02. The Morgan fingerprint density at radius 1 is 1.67 bits per heavy atom. The van der Waals surface area contributed by atoms with Crippen LogP contribution in [0.25, 0.3) is 0 Å². The van der Waals surface area contributed by atoms with Gasteiger partial charge in [-0.2, -0.15) is 0 Å². The predicted molar refractivity (Wildman–Crippen MR) is 44.8 cm³/mol. The Morgan fingerprint density at radius 3 is 2.58 bits per heavy atom. The molecule has 5 heteroatoms. The molecule has 0 bridgehead atoms. The summed E-state index contributed by atoms with van der Waals surface area (Å²) in [5, 5.41) is 11.6. The highest BCUT2D eigenvalue weighted by Gasteiger charge is 2.40. The van der Waals surface area contributed by atoms with E-state index in [0.717, 1.165) is 0 Å². The molecule has 0 saturated carbocycles. The van der Waals surface area contributed by atoms with Gasteiger partial charge in [0.1, 0.15) is 0 Å². The second-order valence-electron chi connectivity index (χ2n) is 2.65. The largest absolute Gasteiger partial charge is 0.477 e. The van der Waals surface area contributed by atoms with E-state index in [4.69, 9.17) is 5.11 Å². The molecule has 0 saturated heterocycles. The van der Waals surface area contributed by atoms with Gasteiger partial charge in [-0.3, -0.25) is 4.90 Å². The first kappa shape index (κ1) is 8.73. The van der Waals surface area contributed by atoms with Crippen molar-refractivity contribution >= 4 is 12.2 Å². The topological polar surface area (TPSA) is 64.9 Å². The Labute approximate surface area is 70.4 Å². The van der Waals surface area contributed by atoms with Crippen LogP contribution in [0.4, 0.5) is 0 Å². The number of aliphatic imine (C=N–C) groups is 1. The number of allylic oxidation sites excluding steroid dienone is 1. The van der Waals surface area contributed by atoms with Crippen molar-refractivity contribution in [1.82, 2.24) is 10.2 Å². The van der Waals surface area contributed by atoms with Crippen molar-refractivity contribution in [3.05, 3.63) is 12.3 Å². The van der Waals surface area contributed by atoms with Gasteiger partial charge >= 0.3 is 5.97 Å². The molecule has 1 aliphatic heterocycles. The first-order valence-corrected chi connectivity index (χ1v) is 3.48. The van der Waals surface area contributed by atoms with Crippen LogP contribution in [-0.2, 0) is 4.79 Å². The number of carbonyl (C=O) groups is 1. The van der Waals surface area contributed by atoms with Gasteiger partial charge in [0.15, 0.2) is 0 Å².